The summed E-state index contributed by atoms with van der Waals surface area (Å²) in [5.41, 5.74) is 10.8. The molecule has 3 aliphatic heterocycles. The average molecular weight is 713 g/mol. The predicted octanol–water partition coefficient (Wildman–Crippen LogP) is -2.18. The Kier molecular flexibility index (Phi) is 12.2. The second kappa shape index (κ2) is 15.7. The van der Waals surface area contributed by atoms with Gasteiger partial charge in [-0.25, -0.2) is 4.79 Å². The maximum Gasteiger partial charge on any atom is 0.404 e. The van der Waals surface area contributed by atoms with E-state index in [0.29, 0.717) is 29.2 Å². The summed E-state index contributed by atoms with van der Waals surface area (Å²) in [7, 11) is 1.50. The molecule has 0 aromatic heterocycles. The van der Waals surface area contributed by atoms with Crippen LogP contribution in [0.3, 0.4) is 0 Å². The van der Waals surface area contributed by atoms with Gasteiger partial charge >= 0.3 is 18.0 Å². The van der Waals surface area contributed by atoms with Crippen molar-refractivity contribution in [1.82, 2.24) is 20.9 Å². The lowest BCUT2D eigenvalue weighted by Gasteiger charge is -2.39. The molecule has 0 spiro atoms. The number of ketones is 2. The predicted molar refractivity (Wildman–Crippen MR) is 172 cm³/mol. The third-order valence-electron chi connectivity index (χ3n) is 8.78. The number of amides is 3. The number of Topliss-reactive ketones (excluding diaryl/α,β-unsaturated/α-hetero) is 2. The van der Waals surface area contributed by atoms with Crippen molar-refractivity contribution in [2.75, 3.05) is 50.7 Å². The highest BCUT2D eigenvalue weighted by Gasteiger charge is 2.72. The molecule has 0 aromatic rings. The van der Waals surface area contributed by atoms with Gasteiger partial charge in [0.05, 0.1) is 17.7 Å². The van der Waals surface area contributed by atoms with Crippen molar-refractivity contribution >= 4 is 65.8 Å². The number of allylic oxidation sites excluding steroid dienone is 2. The van der Waals surface area contributed by atoms with Gasteiger partial charge in [-0.15, -0.1) is 0 Å². The smallest absolute Gasteiger partial charge is 0.404 e. The number of carbonyl (C=O) groups excluding carboxylic acids is 6. The maximum absolute atomic E-state index is 13.9. The van der Waals surface area contributed by atoms with Crippen LogP contribution in [-0.4, -0.2) is 132 Å². The van der Waals surface area contributed by atoms with Crippen LogP contribution in [0.5, 0.6) is 0 Å². The number of primary amides is 1. The molecule has 17 nitrogen and oxygen atoms in total. The number of nitrogens with two attached hydrogens (primary N) is 2. The summed E-state index contributed by atoms with van der Waals surface area (Å²) >= 11 is 5.43. The van der Waals surface area contributed by atoms with Crippen LogP contribution < -0.4 is 27.4 Å². The van der Waals surface area contributed by atoms with Crippen molar-refractivity contribution < 1.29 is 52.9 Å². The molecule has 0 radical (unpaired) electrons. The number of piperazine rings is 1. The summed E-state index contributed by atoms with van der Waals surface area (Å²) in [5.74, 6) is -3.75. The van der Waals surface area contributed by atoms with E-state index in [1.807, 2.05) is 4.90 Å². The second-order valence-electron chi connectivity index (χ2n) is 11.6. The number of nitrogens with zero attached hydrogens (tertiary/aromatic N) is 1. The van der Waals surface area contributed by atoms with Crippen LogP contribution in [0.2, 0.25) is 0 Å². The van der Waals surface area contributed by atoms with Gasteiger partial charge in [0.2, 0.25) is 17.6 Å². The molecular weight excluding hydrogens is 672 g/mol. The average Bonchev–Trinajstić information content (AvgIpc) is 3.66. The van der Waals surface area contributed by atoms with Crippen molar-refractivity contribution in [2.24, 2.45) is 17.4 Å². The number of aliphatic carboxylic acids is 1. The number of esters is 1. The van der Waals surface area contributed by atoms with Crippen molar-refractivity contribution in [2.45, 2.75) is 56.1 Å². The number of hydrogen-bond acceptors (Lipinski definition) is 15. The molecule has 3 heterocycles. The van der Waals surface area contributed by atoms with Crippen LogP contribution in [0.25, 0.3) is 0 Å². The number of ether oxygens (including phenoxy) is 3. The Hall–Kier alpha value is -3.65. The zero-order chi connectivity index (χ0) is 35.3. The van der Waals surface area contributed by atoms with E-state index >= 15 is 0 Å². The number of thioether (sulfide) groups is 1. The molecule has 1 aliphatic carbocycles. The monoisotopic (exact) mass is 712 g/mol. The highest BCUT2D eigenvalue weighted by molar-refractivity contribution is 7.99. The Morgan fingerprint density at radius 1 is 1.19 bits per heavy atom. The van der Waals surface area contributed by atoms with Crippen molar-refractivity contribution in [3.05, 3.63) is 22.4 Å². The zero-order valence-electron chi connectivity index (χ0n) is 26.4. The maximum atomic E-state index is 13.9. The van der Waals surface area contributed by atoms with Crippen LogP contribution in [0.15, 0.2) is 22.4 Å². The van der Waals surface area contributed by atoms with Crippen molar-refractivity contribution in [3.63, 3.8) is 0 Å². The first-order valence-corrected chi connectivity index (χ1v) is 17.0. The summed E-state index contributed by atoms with van der Waals surface area (Å²) in [5, 5.41) is 16.9. The van der Waals surface area contributed by atoms with Gasteiger partial charge in [-0.05, 0) is 25.5 Å². The van der Waals surface area contributed by atoms with E-state index in [9.17, 15) is 33.6 Å². The molecule has 48 heavy (non-hydrogen) atoms. The van der Waals surface area contributed by atoms with Gasteiger partial charge in [0, 0.05) is 54.3 Å². The number of carbonyl (C=O) groups is 7. The van der Waals surface area contributed by atoms with Gasteiger partial charge < -0.3 is 51.6 Å². The quantitative estimate of drug-likeness (QED) is 0.0262. The lowest BCUT2D eigenvalue weighted by Crippen LogP contribution is -2.55. The lowest BCUT2D eigenvalue weighted by atomic mass is 9.80. The fourth-order valence-corrected chi connectivity index (χ4v) is 7.35. The van der Waals surface area contributed by atoms with Crippen LogP contribution in [0.1, 0.15) is 26.2 Å². The van der Waals surface area contributed by atoms with E-state index in [-0.39, 0.29) is 73.1 Å². The molecule has 0 bridgehead atoms. The van der Waals surface area contributed by atoms with Crippen molar-refractivity contribution in [1.29, 1.82) is 0 Å². The topological polar surface area (TPSA) is 269 Å². The minimum atomic E-state index is -1.24. The fourth-order valence-electron chi connectivity index (χ4n) is 6.34. The molecule has 0 unspecified atom stereocenters. The standard InChI is InChI=1S/C29H40N6O11S2/c1-13-14(24(39)21-15(11-46-28(31)43)29(44-2)25-17(34-25)10-35(29)22(21)23(13)38)5-7-48-8-6-45-20(37)9-32-26(40)18(12-47)33-19(36)4-3-16(30)27(41)42/h15-18,25,34,47H,3-12,30H2,1-2H3,(H2,31,43)(H,32,40)(H,33,36)(H,41,42)/t15-,16+,17+,18-,25+,29-/m1/s1. The molecule has 2 saturated heterocycles. The molecule has 19 heteroatoms. The third kappa shape index (κ3) is 7.64. The van der Waals surface area contributed by atoms with Gasteiger partial charge in [-0.1, -0.05) is 0 Å². The Morgan fingerprint density at radius 3 is 2.56 bits per heavy atom. The summed E-state index contributed by atoms with van der Waals surface area (Å²) in [6, 6.07) is -2.32. The molecular formula is C29H40N6O11S2. The number of nitrogens with one attached hydrogen (secondary N) is 3. The van der Waals surface area contributed by atoms with Gasteiger partial charge in [-0.3, -0.25) is 28.8 Å². The van der Waals surface area contributed by atoms with Gasteiger partial charge in [0.1, 0.15) is 31.8 Å². The number of carboxylic acids is 1. The van der Waals surface area contributed by atoms with Crippen LogP contribution >= 0.6 is 24.4 Å². The molecule has 3 amide bonds. The van der Waals surface area contributed by atoms with Crippen molar-refractivity contribution in [3.8, 4) is 0 Å². The zero-order valence-corrected chi connectivity index (χ0v) is 28.2. The summed E-state index contributed by atoms with van der Waals surface area (Å²) in [4.78, 5) is 88.1. The Bertz CT molecular complexity index is 1440. The highest BCUT2D eigenvalue weighted by atomic mass is 32.2. The van der Waals surface area contributed by atoms with Gasteiger partial charge in [0.15, 0.2) is 11.5 Å². The van der Waals surface area contributed by atoms with E-state index in [1.165, 1.54) is 18.9 Å². The summed E-state index contributed by atoms with van der Waals surface area (Å²) in [6.07, 6.45) is -1.04. The molecule has 0 aromatic carbocycles. The number of thiol groups is 1. The first kappa shape index (κ1) is 37.2. The molecule has 264 valence electrons. The van der Waals surface area contributed by atoms with Gasteiger partial charge in [-0.2, -0.15) is 24.4 Å². The van der Waals surface area contributed by atoms with E-state index in [0.717, 1.165) is 0 Å². The number of hydrogen-bond donors (Lipinski definition) is 7. The Balaban J connectivity index is 1.21. The lowest BCUT2D eigenvalue weighted by molar-refractivity contribution is -0.143. The largest absolute Gasteiger partial charge is 0.480 e. The number of carboxylic acid groups (broad SMARTS) is 1. The SMILES string of the molecule is CO[C@@]12[C@H](COC(N)=O)C3=C(C(=O)C(C)=C(CCSCCOC(=O)CNC(=O)[C@@H](CS)NC(=O)CC[C@H](N)C(=O)O)C3=O)N1C[C@@H]1N[C@@H]12. The number of fused-ring (bicyclic) bond motifs is 4. The normalized spacial score (nSPS) is 25.2. The van der Waals surface area contributed by atoms with Crippen LogP contribution in [0, 0.1) is 5.92 Å². The van der Waals surface area contributed by atoms with E-state index in [1.54, 1.807) is 6.92 Å². The van der Waals surface area contributed by atoms with E-state index < -0.39 is 60.1 Å². The minimum absolute atomic E-state index is 0.0174. The molecule has 8 N–H and O–H groups in total. The van der Waals surface area contributed by atoms with E-state index in [4.69, 9.17) is 30.8 Å². The van der Waals surface area contributed by atoms with E-state index in [2.05, 4.69) is 28.6 Å². The van der Waals surface area contributed by atoms with Crippen LogP contribution in [-0.2, 0) is 43.0 Å². The molecule has 0 saturated carbocycles. The highest BCUT2D eigenvalue weighted by Crippen LogP contribution is 2.56. The fraction of sp³-hybridized carbons (Fsp3) is 0.621. The minimum Gasteiger partial charge on any atom is -0.480 e. The van der Waals surface area contributed by atoms with Gasteiger partial charge in [0.25, 0.3) is 0 Å². The third-order valence-corrected chi connectivity index (χ3v) is 10.1. The molecule has 2 fully saturated rings. The Morgan fingerprint density at radius 2 is 1.92 bits per heavy atom. The first-order valence-electron chi connectivity index (χ1n) is 15.2. The number of methoxy groups -OCH3 is 1. The summed E-state index contributed by atoms with van der Waals surface area (Å²) < 4.78 is 16.3. The molecule has 6 atom stereocenters. The van der Waals surface area contributed by atoms with Crippen LogP contribution in [0.4, 0.5) is 4.79 Å². The number of rotatable bonds is 18. The Labute approximate surface area is 285 Å². The molecule has 4 aliphatic rings. The second-order valence-corrected chi connectivity index (χ2v) is 13.2. The summed E-state index contributed by atoms with van der Waals surface area (Å²) in [6.45, 7) is 1.44. The first-order chi connectivity index (χ1) is 22.8. The molecule has 4 rings (SSSR count).